The minimum atomic E-state index is -3.45. The zero-order valence-corrected chi connectivity index (χ0v) is 13.5. The van der Waals surface area contributed by atoms with E-state index >= 15 is 0 Å². The second-order valence-electron chi connectivity index (χ2n) is 4.43. The van der Waals surface area contributed by atoms with Crippen molar-refractivity contribution < 1.29 is 8.42 Å². The van der Waals surface area contributed by atoms with E-state index < -0.39 is 10.0 Å². The van der Waals surface area contributed by atoms with E-state index in [-0.39, 0.29) is 0 Å². The predicted molar refractivity (Wildman–Crippen MR) is 80.9 cm³/mol. The molecule has 7 heteroatoms. The Hall–Kier alpha value is -1.18. The van der Waals surface area contributed by atoms with Gasteiger partial charge in [-0.15, -0.1) is 0 Å². The molecule has 1 heterocycles. The van der Waals surface area contributed by atoms with Crippen LogP contribution in [0.15, 0.2) is 46.0 Å². The maximum Gasteiger partial charge on any atom is 0.240 e. The number of aromatic nitrogens is 2. The highest BCUT2D eigenvalue weighted by molar-refractivity contribution is 9.10. The maximum atomic E-state index is 12.2. The number of hydrogen-bond acceptors (Lipinski definition) is 3. The average Bonchev–Trinajstić information content (AvgIpc) is 2.87. The molecule has 0 saturated heterocycles. The third kappa shape index (κ3) is 3.91. The summed E-state index contributed by atoms with van der Waals surface area (Å²) in [6.45, 7) is 2.86. The van der Waals surface area contributed by atoms with Crippen molar-refractivity contribution in [1.82, 2.24) is 14.5 Å². The van der Waals surface area contributed by atoms with Crippen molar-refractivity contribution in [3.8, 4) is 0 Å². The first-order valence-electron chi connectivity index (χ1n) is 6.22. The molecule has 0 spiro atoms. The van der Waals surface area contributed by atoms with Gasteiger partial charge < -0.3 is 0 Å². The number of hydrogen-bond donors (Lipinski definition) is 1. The first-order valence-corrected chi connectivity index (χ1v) is 8.50. The number of aryl methyl sites for hydroxylation is 2. The van der Waals surface area contributed by atoms with Crippen LogP contribution < -0.4 is 4.72 Å². The van der Waals surface area contributed by atoms with Gasteiger partial charge in [-0.05, 0) is 43.2 Å². The highest BCUT2D eigenvalue weighted by Gasteiger charge is 2.15. The van der Waals surface area contributed by atoms with Crippen LogP contribution in [0.1, 0.15) is 12.0 Å². The molecule has 5 nitrogen and oxygen atoms in total. The van der Waals surface area contributed by atoms with Crippen molar-refractivity contribution in [2.24, 2.45) is 0 Å². The van der Waals surface area contributed by atoms with Crippen molar-refractivity contribution >= 4 is 26.0 Å². The second kappa shape index (κ2) is 6.51. The van der Waals surface area contributed by atoms with Gasteiger partial charge in [0.05, 0.1) is 4.90 Å². The summed E-state index contributed by atoms with van der Waals surface area (Å²) in [5.41, 5.74) is 0.721. The molecule has 0 unspecified atom stereocenters. The maximum absolute atomic E-state index is 12.2. The second-order valence-corrected chi connectivity index (χ2v) is 7.08. The van der Waals surface area contributed by atoms with Crippen LogP contribution in [0.5, 0.6) is 0 Å². The molecule has 1 aromatic carbocycles. The van der Waals surface area contributed by atoms with Gasteiger partial charge in [-0.2, -0.15) is 5.10 Å². The van der Waals surface area contributed by atoms with Crippen LogP contribution in [-0.4, -0.2) is 24.7 Å². The van der Waals surface area contributed by atoms with E-state index in [9.17, 15) is 8.42 Å². The summed E-state index contributed by atoms with van der Waals surface area (Å²) in [5.74, 6) is 0. The Kier molecular flexibility index (Phi) is 4.95. The zero-order valence-electron chi connectivity index (χ0n) is 11.1. The lowest BCUT2D eigenvalue weighted by atomic mass is 10.2. The van der Waals surface area contributed by atoms with Gasteiger partial charge >= 0.3 is 0 Å². The summed E-state index contributed by atoms with van der Waals surface area (Å²) in [4.78, 5) is 0.319. The van der Waals surface area contributed by atoms with Gasteiger partial charge in [0.1, 0.15) is 0 Å². The number of sulfonamides is 1. The van der Waals surface area contributed by atoms with Crippen LogP contribution in [0.2, 0.25) is 0 Å². The fraction of sp³-hybridized carbons (Fsp3) is 0.308. The molecule has 0 bridgehead atoms. The van der Waals surface area contributed by atoms with Gasteiger partial charge in [0, 0.05) is 30.0 Å². The van der Waals surface area contributed by atoms with Crippen LogP contribution in [-0.2, 0) is 16.6 Å². The van der Waals surface area contributed by atoms with Crippen LogP contribution in [0, 0.1) is 6.92 Å². The van der Waals surface area contributed by atoms with Crippen LogP contribution in [0.4, 0.5) is 0 Å². The lowest BCUT2D eigenvalue weighted by Gasteiger charge is -2.09. The average molecular weight is 358 g/mol. The largest absolute Gasteiger partial charge is 0.273 e. The van der Waals surface area contributed by atoms with Crippen molar-refractivity contribution in [3.05, 3.63) is 46.7 Å². The number of rotatable bonds is 6. The first kappa shape index (κ1) is 15.2. The first-order chi connectivity index (χ1) is 9.49. The Labute approximate surface area is 127 Å². The molecule has 20 heavy (non-hydrogen) atoms. The molecule has 2 aromatic rings. The smallest absolute Gasteiger partial charge is 0.240 e. The van der Waals surface area contributed by atoms with Crippen LogP contribution >= 0.6 is 15.9 Å². The molecular formula is C13H16BrN3O2S. The van der Waals surface area contributed by atoms with E-state index in [0.29, 0.717) is 24.4 Å². The summed E-state index contributed by atoms with van der Waals surface area (Å²) >= 11 is 3.32. The molecule has 0 saturated carbocycles. The summed E-state index contributed by atoms with van der Waals surface area (Å²) in [6, 6.07) is 6.97. The topological polar surface area (TPSA) is 64.0 Å². The van der Waals surface area contributed by atoms with Crippen molar-refractivity contribution in [3.63, 3.8) is 0 Å². The molecule has 0 fully saturated rings. The monoisotopic (exact) mass is 357 g/mol. The van der Waals surface area contributed by atoms with E-state index in [0.717, 1.165) is 10.0 Å². The van der Waals surface area contributed by atoms with Crippen LogP contribution in [0.25, 0.3) is 0 Å². The van der Waals surface area contributed by atoms with Gasteiger partial charge in [-0.25, -0.2) is 13.1 Å². The van der Waals surface area contributed by atoms with E-state index in [1.807, 2.05) is 12.3 Å². The molecule has 1 N–H and O–H groups in total. The minimum Gasteiger partial charge on any atom is -0.273 e. The molecule has 0 radical (unpaired) electrons. The summed E-state index contributed by atoms with van der Waals surface area (Å²) in [5, 5.41) is 4.07. The molecule has 0 amide bonds. The Morgan fingerprint density at radius 1 is 1.40 bits per heavy atom. The molecular weight excluding hydrogens is 342 g/mol. The van der Waals surface area contributed by atoms with Gasteiger partial charge in [0.15, 0.2) is 0 Å². The molecule has 0 aliphatic rings. The molecule has 0 aliphatic carbocycles. The van der Waals surface area contributed by atoms with Gasteiger partial charge in [0.2, 0.25) is 10.0 Å². The van der Waals surface area contributed by atoms with E-state index in [1.54, 1.807) is 36.0 Å². The summed E-state index contributed by atoms with van der Waals surface area (Å²) in [6.07, 6.45) is 4.25. The lowest BCUT2D eigenvalue weighted by molar-refractivity contribution is 0.552. The third-order valence-electron chi connectivity index (χ3n) is 2.84. The van der Waals surface area contributed by atoms with Crippen molar-refractivity contribution in [1.29, 1.82) is 0 Å². The fourth-order valence-corrected chi connectivity index (χ4v) is 3.65. The summed E-state index contributed by atoms with van der Waals surface area (Å²) < 4.78 is 29.6. The number of halogens is 1. The van der Waals surface area contributed by atoms with Gasteiger partial charge in [-0.3, -0.25) is 4.68 Å². The Balaban J connectivity index is 1.93. The van der Waals surface area contributed by atoms with Crippen molar-refractivity contribution in [2.75, 3.05) is 6.54 Å². The Morgan fingerprint density at radius 2 is 2.20 bits per heavy atom. The normalized spacial score (nSPS) is 11.7. The number of nitrogens with zero attached hydrogens (tertiary/aromatic N) is 2. The highest BCUT2D eigenvalue weighted by Crippen LogP contribution is 2.19. The molecule has 0 aliphatic heterocycles. The van der Waals surface area contributed by atoms with Gasteiger partial charge in [0.25, 0.3) is 0 Å². The SMILES string of the molecule is Cc1cc(Br)ccc1S(=O)(=O)NCCCn1cccn1. The van der Waals surface area contributed by atoms with E-state index in [1.165, 1.54) is 0 Å². The van der Waals surface area contributed by atoms with E-state index in [4.69, 9.17) is 0 Å². The molecule has 2 rings (SSSR count). The lowest BCUT2D eigenvalue weighted by Crippen LogP contribution is -2.26. The number of benzene rings is 1. The number of nitrogens with one attached hydrogen (secondary N) is 1. The van der Waals surface area contributed by atoms with Gasteiger partial charge in [-0.1, -0.05) is 15.9 Å². The Morgan fingerprint density at radius 3 is 2.85 bits per heavy atom. The molecule has 1 aromatic heterocycles. The standard InChI is InChI=1S/C13H16BrN3O2S/c1-11-10-12(14)4-5-13(11)20(18,19)16-7-3-9-17-8-2-6-15-17/h2,4-6,8,10,16H,3,7,9H2,1H3. The predicted octanol–water partition coefficient (Wildman–Crippen LogP) is 2.32. The third-order valence-corrected chi connectivity index (χ3v) is 4.96. The molecule has 108 valence electrons. The minimum absolute atomic E-state index is 0.319. The van der Waals surface area contributed by atoms with E-state index in [2.05, 4.69) is 25.8 Å². The summed E-state index contributed by atoms with van der Waals surface area (Å²) in [7, 11) is -3.45. The fourth-order valence-electron chi connectivity index (χ4n) is 1.87. The van der Waals surface area contributed by atoms with Crippen LogP contribution in [0.3, 0.4) is 0 Å². The van der Waals surface area contributed by atoms with Crippen molar-refractivity contribution in [2.45, 2.75) is 24.8 Å². The zero-order chi connectivity index (χ0) is 14.6. The Bertz CT molecular complexity index is 669. The quantitative estimate of drug-likeness (QED) is 0.806. The highest BCUT2D eigenvalue weighted by atomic mass is 79.9. The molecule has 0 atom stereocenters.